The number of hydrogen-bond donors (Lipinski definition) is 3. The van der Waals surface area contributed by atoms with Crippen LogP contribution in [0.3, 0.4) is 0 Å². The summed E-state index contributed by atoms with van der Waals surface area (Å²) in [5.74, 6) is -0.325. The number of hydrogen-bond acceptors (Lipinski definition) is 3. The average molecular weight is 277 g/mol. The van der Waals surface area contributed by atoms with E-state index in [9.17, 15) is 9.90 Å². The molecule has 1 rings (SSSR count). The zero-order valence-corrected chi connectivity index (χ0v) is 11.1. The number of benzene rings is 1. The standard InChI is InChI=1S/C11H14Cl2N2O2/c1-11(2,17)6-10(16)15-14-9-4-7(12)3-8(13)5-9/h3-5,14,17H,6H2,1-2H3,(H,15,16). The highest BCUT2D eigenvalue weighted by Crippen LogP contribution is 2.21. The predicted octanol–water partition coefficient (Wildman–Crippen LogP) is 2.60. The van der Waals surface area contributed by atoms with E-state index in [-0.39, 0.29) is 12.3 Å². The van der Waals surface area contributed by atoms with Gasteiger partial charge in [0.2, 0.25) is 5.91 Å². The molecule has 0 saturated heterocycles. The lowest BCUT2D eigenvalue weighted by molar-refractivity contribution is -0.124. The van der Waals surface area contributed by atoms with E-state index in [0.717, 1.165) is 0 Å². The van der Waals surface area contributed by atoms with Gasteiger partial charge in [-0.25, -0.2) is 0 Å². The fourth-order valence-electron chi connectivity index (χ4n) is 1.20. The van der Waals surface area contributed by atoms with Crippen molar-refractivity contribution in [3.8, 4) is 0 Å². The Hall–Kier alpha value is -0.970. The molecular weight excluding hydrogens is 263 g/mol. The molecule has 0 spiro atoms. The van der Waals surface area contributed by atoms with Crippen molar-refractivity contribution in [2.45, 2.75) is 25.9 Å². The second-order valence-electron chi connectivity index (χ2n) is 4.32. The van der Waals surface area contributed by atoms with Gasteiger partial charge in [-0.1, -0.05) is 23.2 Å². The van der Waals surface area contributed by atoms with E-state index in [4.69, 9.17) is 23.2 Å². The van der Waals surface area contributed by atoms with E-state index in [1.165, 1.54) is 0 Å². The molecule has 0 atom stereocenters. The smallest absolute Gasteiger partial charge is 0.241 e. The molecule has 0 aliphatic heterocycles. The van der Waals surface area contributed by atoms with E-state index < -0.39 is 5.60 Å². The quantitative estimate of drug-likeness (QED) is 0.741. The first-order chi connectivity index (χ1) is 7.76. The summed E-state index contributed by atoms with van der Waals surface area (Å²) in [6.07, 6.45) is -0.00566. The fraction of sp³-hybridized carbons (Fsp3) is 0.364. The number of carbonyl (C=O) groups excluding carboxylic acids is 1. The van der Waals surface area contributed by atoms with Gasteiger partial charge in [-0.3, -0.25) is 15.6 Å². The van der Waals surface area contributed by atoms with Crippen LogP contribution < -0.4 is 10.9 Å². The third-order valence-electron chi connectivity index (χ3n) is 1.80. The minimum Gasteiger partial charge on any atom is -0.390 e. The molecule has 0 saturated carbocycles. The number of anilines is 1. The van der Waals surface area contributed by atoms with Crippen molar-refractivity contribution in [3.63, 3.8) is 0 Å². The number of nitrogens with one attached hydrogen (secondary N) is 2. The third kappa shape index (κ3) is 5.77. The highest BCUT2D eigenvalue weighted by atomic mass is 35.5. The summed E-state index contributed by atoms with van der Waals surface area (Å²) in [5, 5.41) is 10.4. The molecule has 0 aromatic heterocycles. The second-order valence-corrected chi connectivity index (χ2v) is 5.19. The molecule has 0 radical (unpaired) electrons. The summed E-state index contributed by atoms with van der Waals surface area (Å²) in [6, 6.07) is 4.84. The van der Waals surface area contributed by atoms with Crippen LogP contribution in [-0.2, 0) is 4.79 Å². The van der Waals surface area contributed by atoms with Gasteiger partial charge >= 0.3 is 0 Å². The lowest BCUT2D eigenvalue weighted by atomic mass is 10.1. The van der Waals surface area contributed by atoms with Crippen LogP contribution in [0, 0.1) is 0 Å². The first kappa shape index (κ1) is 14.1. The number of aliphatic hydroxyl groups is 1. The van der Waals surface area contributed by atoms with Crippen molar-refractivity contribution in [1.82, 2.24) is 5.43 Å². The lowest BCUT2D eigenvalue weighted by Gasteiger charge is -2.17. The first-order valence-electron chi connectivity index (χ1n) is 4.99. The van der Waals surface area contributed by atoms with Crippen molar-refractivity contribution >= 4 is 34.8 Å². The maximum Gasteiger partial charge on any atom is 0.241 e. The van der Waals surface area contributed by atoms with E-state index in [1.54, 1.807) is 32.0 Å². The Morgan fingerprint density at radius 2 is 1.82 bits per heavy atom. The van der Waals surface area contributed by atoms with Gasteiger partial charge in [0, 0.05) is 10.0 Å². The summed E-state index contributed by atoms with van der Waals surface area (Å²) in [6.45, 7) is 3.12. The highest BCUT2D eigenvalue weighted by molar-refractivity contribution is 6.35. The average Bonchev–Trinajstić information content (AvgIpc) is 2.10. The van der Waals surface area contributed by atoms with Gasteiger partial charge in [0.15, 0.2) is 0 Å². The molecule has 0 aliphatic rings. The molecule has 1 aromatic rings. The van der Waals surface area contributed by atoms with E-state index in [2.05, 4.69) is 10.9 Å². The molecule has 17 heavy (non-hydrogen) atoms. The monoisotopic (exact) mass is 276 g/mol. The first-order valence-corrected chi connectivity index (χ1v) is 5.75. The van der Waals surface area contributed by atoms with Crippen LogP contribution >= 0.6 is 23.2 Å². The summed E-state index contributed by atoms with van der Waals surface area (Å²) < 4.78 is 0. The van der Waals surface area contributed by atoms with Crippen molar-refractivity contribution in [2.24, 2.45) is 0 Å². The molecule has 0 fully saturated rings. The van der Waals surface area contributed by atoms with Gasteiger partial charge in [0.25, 0.3) is 0 Å². The zero-order valence-electron chi connectivity index (χ0n) is 9.55. The number of halogens is 2. The molecule has 1 amide bonds. The molecular formula is C11H14Cl2N2O2. The van der Waals surface area contributed by atoms with Crippen LogP contribution in [-0.4, -0.2) is 16.6 Å². The van der Waals surface area contributed by atoms with Gasteiger partial charge in [0.1, 0.15) is 0 Å². The molecule has 1 aromatic carbocycles. The van der Waals surface area contributed by atoms with Crippen molar-refractivity contribution < 1.29 is 9.90 Å². The Morgan fingerprint density at radius 3 is 2.29 bits per heavy atom. The van der Waals surface area contributed by atoms with Crippen molar-refractivity contribution in [2.75, 3.05) is 5.43 Å². The highest BCUT2D eigenvalue weighted by Gasteiger charge is 2.17. The van der Waals surface area contributed by atoms with Crippen molar-refractivity contribution in [3.05, 3.63) is 28.2 Å². The van der Waals surface area contributed by atoms with E-state index in [0.29, 0.717) is 15.7 Å². The summed E-state index contributed by atoms with van der Waals surface area (Å²) in [7, 11) is 0. The molecule has 94 valence electrons. The number of hydrazine groups is 1. The molecule has 3 N–H and O–H groups in total. The molecule has 0 bridgehead atoms. The zero-order chi connectivity index (χ0) is 13.1. The van der Waals surface area contributed by atoms with Crippen LogP contribution in [0.25, 0.3) is 0 Å². The molecule has 0 unspecified atom stereocenters. The summed E-state index contributed by atoms with van der Waals surface area (Å²) in [5.41, 5.74) is 4.64. The normalized spacial score (nSPS) is 11.1. The van der Waals surface area contributed by atoms with Gasteiger partial charge in [-0.15, -0.1) is 0 Å². The van der Waals surface area contributed by atoms with Crippen molar-refractivity contribution in [1.29, 1.82) is 0 Å². The van der Waals surface area contributed by atoms with Gasteiger partial charge in [0.05, 0.1) is 17.7 Å². The topological polar surface area (TPSA) is 61.4 Å². The Bertz CT molecular complexity index is 396. The Balaban J connectivity index is 2.53. The number of carbonyl (C=O) groups is 1. The van der Waals surface area contributed by atoms with Gasteiger partial charge < -0.3 is 5.11 Å². The van der Waals surface area contributed by atoms with Crippen LogP contribution in [0.5, 0.6) is 0 Å². The predicted molar refractivity (Wildman–Crippen MR) is 69.1 cm³/mol. The molecule has 4 nitrogen and oxygen atoms in total. The summed E-state index contributed by atoms with van der Waals surface area (Å²) in [4.78, 5) is 11.4. The Labute approximate surface area is 110 Å². The van der Waals surface area contributed by atoms with Crippen LogP contribution in [0.2, 0.25) is 10.0 Å². The Morgan fingerprint density at radius 1 is 1.29 bits per heavy atom. The van der Waals surface area contributed by atoms with Crippen LogP contribution in [0.1, 0.15) is 20.3 Å². The minimum atomic E-state index is -1.04. The Kier molecular flexibility index (Phi) is 4.62. The molecule has 0 heterocycles. The number of rotatable bonds is 4. The maximum atomic E-state index is 11.4. The summed E-state index contributed by atoms with van der Waals surface area (Å²) >= 11 is 11.6. The largest absolute Gasteiger partial charge is 0.390 e. The number of amides is 1. The molecule has 6 heteroatoms. The van der Waals surface area contributed by atoms with Gasteiger partial charge in [-0.2, -0.15) is 0 Å². The van der Waals surface area contributed by atoms with E-state index >= 15 is 0 Å². The van der Waals surface area contributed by atoms with Crippen LogP contribution in [0.15, 0.2) is 18.2 Å². The van der Waals surface area contributed by atoms with Gasteiger partial charge in [-0.05, 0) is 32.0 Å². The maximum absolute atomic E-state index is 11.4. The fourth-order valence-corrected chi connectivity index (χ4v) is 1.73. The SMILES string of the molecule is CC(C)(O)CC(=O)NNc1cc(Cl)cc(Cl)c1. The minimum absolute atomic E-state index is 0.00566. The molecule has 0 aliphatic carbocycles. The lowest BCUT2D eigenvalue weighted by Crippen LogP contribution is -2.35. The third-order valence-corrected chi connectivity index (χ3v) is 2.24. The second kappa shape index (κ2) is 5.58. The van der Waals surface area contributed by atoms with Crippen LogP contribution in [0.4, 0.5) is 5.69 Å². The van der Waals surface area contributed by atoms with E-state index in [1.807, 2.05) is 0 Å².